The van der Waals surface area contributed by atoms with Gasteiger partial charge in [0.1, 0.15) is 5.75 Å². The van der Waals surface area contributed by atoms with Crippen LogP contribution in [0.15, 0.2) is 36.4 Å². The third-order valence-corrected chi connectivity index (χ3v) is 5.97. The number of carbonyl (C=O) groups is 2. The van der Waals surface area contributed by atoms with Gasteiger partial charge in [-0.2, -0.15) is 0 Å². The molecule has 2 fully saturated rings. The predicted octanol–water partition coefficient (Wildman–Crippen LogP) is 1.72. The molecule has 0 saturated carbocycles. The van der Waals surface area contributed by atoms with Gasteiger partial charge in [0.25, 0.3) is 0 Å². The molecule has 1 aromatic carbocycles. The molecule has 0 N–H and O–H groups in total. The number of fused-ring (bicyclic) bond motifs is 1. The van der Waals surface area contributed by atoms with Crippen molar-refractivity contribution in [2.45, 2.75) is 19.4 Å². The molecule has 0 bridgehead atoms. The summed E-state index contributed by atoms with van der Waals surface area (Å²) in [7, 11) is 1.68. The zero-order valence-electron chi connectivity index (χ0n) is 15.8. The van der Waals surface area contributed by atoms with E-state index >= 15 is 0 Å². The molecule has 2 aliphatic heterocycles. The number of rotatable bonds is 5. The molecule has 144 valence electrons. The van der Waals surface area contributed by atoms with Crippen LogP contribution in [-0.4, -0.2) is 66.5 Å². The van der Waals surface area contributed by atoms with Gasteiger partial charge in [-0.15, -0.1) is 0 Å². The molecule has 2 heterocycles. The number of benzene rings is 1. The topological polar surface area (TPSA) is 53.1 Å². The molecule has 0 unspecified atom stereocenters. The number of allylic oxidation sites excluding steroid dienone is 2. The smallest absolute Gasteiger partial charge is 0.234 e. The van der Waals surface area contributed by atoms with Crippen molar-refractivity contribution in [2.24, 2.45) is 11.8 Å². The van der Waals surface area contributed by atoms with E-state index in [-0.39, 0.29) is 23.7 Å². The van der Waals surface area contributed by atoms with Crippen LogP contribution in [0.1, 0.15) is 18.4 Å². The van der Waals surface area contributed by atoms with Crippen LogP contribution >= 0.6 is 0 Å². The van der Waals surface area contributed by atoms with Crippen LogP contribution in [0.4, 0.5) is 0 Å². The van der Waals surface area contributed by atoms with Crippen LogP contribution in [0.25, 0.3) is 0 Å². The van der Waals surface area contributed by atoms with Crippen molar-refractivity contribution in [2.75, 3.05) is 40.0 Å². The molecule has 6 nitrogen and oxygen atoms in total. The molecule has 4 rings (SSSR count). The van der Waals surface area contributed by atoms with Crippen LogP contribution in [0.3, 0.4) is 0 Å². The quantitative estimate of drug-likeness (QED) is 0.584. The average Bonchev–Trinajstić information content (AvgIpc) is 2.95. The van der Waals surface area contributed by atoms with Gasteiger partial charge in [0.05, 0.1) is 25.6 Å². The molecule has 2 atom stereocenters. The maximum atomic E-state index is 12.6. The van der Waals surface area contributed by atoms with E-state index in [1.165, 1.54) is 10.5 Å². The van der Waals surface area contributed by atoms with Gasteiger partial charge < -0.3 is 4.74 Å². The zero-order chi connectivity index (χ0) is 18.8. The Balaban J connectivity index is 1.28. The van der Waals surface area contributed by atoms with Crippen LogP contribution in [0, 0.1) is 11.8 Å². The highest BCUT2D eigenvalue weighted by molar-refractivity contribution is 6.05. The van der Waals surface area contributed by atoms with Crippen molar-refractivity contribution < 1.29 is 14.3 Å². The molecule has 1 aliphatic carbocycles. The van der Waals surface area contributed by atoms with Crippen molar-refractivity contribution >= 4 is 11.8 Å². The number of carbonyl (C=O) groups excluding carboxylic acids is 2. The molecule has 6 heteroatoms. The second-order valence-electron chi connectivity index (χ2n) is 7.64. The first-order valence-electron chi connectivity index (χ1n) is 9.73. The zero-order valence-corrected chi connectivity index (χ0v) is 15.8. The number of likely N-dealkylation sites (tertiary alicyclic amines) is 1. The third-order valence-electron chi connectivity index (χ3n) is 5.97. The van der Waals surface area contributed by atoms with E-state index in [0.29, 0.717) is 19.5 Å². The molecule has 3 aliphatic rings. The number of nitrogens with zero attached hydrogens (tertiary/aromatic N) is 3. The number of methoxy groups -OCH3 is 1. The Morgan fingerprint density at radius 1 is 0.889 bits per heavy atom. The minimum Gasteiger partial charge on any atom is -0.497 e. The van der Waals surface area contributed by atoms with Gasteiger partial charge in [-0.1, -0.05) is 24.3 Å². The summed E-state index contributed by atoms with van der Waals surface area (Å²) in [4.78, 5) is 31.4. The summed E-state index contributed by atoms with van der Waals surface area (Å²) in [5.74, 6) is 0.669. The summed E-state index contributed by atoms with van der Waals surface area (Å²) in [5, 5.41) is 0. The minimum absolute atomic E-state index is 0.0232. The fourth-order valence-electron chi connectivity index (χ4n) is 4.29. The molecule has 2 saturated heterocycles. The number of imide groups is 1. The molecular formula is C21H27N3O3. The summed E-state index contributed by atoms with van der Waals surface area (Å²) >= 11 is 0. The van der Waals surface area contributed by atoms with E-state index in [0.717, 1.165) is 38.5 Å². The summed E-state index contributed by atoms with van der Waals surface area (Å²) in [6, 6.07) is 8.18. The van der Waals surface area contributed by atoms with Crippen LogP contribution in [0.5, 0.6) is 5.75 Å². The summed E-state index contributed by atoms with van der Waals surface area (Å²) in [6.45, 7) is 4.99. The lowest BCUT2D eigenvalue weighted by molar-refractivity contribution is -0.142. The van der Waals surface area contributed by atoms with Gasteiger partial charge >= 0.3 is 0 Å². The van der Waals surface area contributed by atoms with Crippen molar-refractivity contribution in [1.29, 1.82) is 0 Å². The summed E-state index contributed by atoms with van der Waals surface area (Å²) in [6.07, 6.45) is 5.49. The van der Waals surface area contributed by atoms with Gasteiger partial charge in [-0.05, 0) is 30.5 Å². The maximum Gasteiger partial charge on any atom is 0.234 e. The first-order chi connectivity index (χ1) is 13.2. The minimum atomic E-state index is -0.126. The largest absolute Gasteiger partial charge is 0.497 e. The van der Waals surface area contributed by atoms with E-state index in [1.54, 1.807) is 7.11 Å². The third kappa shape index (κ3) is 3.77. The van der Waals surface area contributed by atoms with E-state index in [2.05, 4.69) is 21.9 Å². The molecule has 27 heavy (non-hydrogen) atoms. The first-order valence-corrected chi connectivity index (χ1v) is 9.73. The Labute approximate surface area is 160 Å². The first kappa shape index (κ1) is 18.2. The number of hydrogen-bond acceptors (Lipinski definition) is 5. The van der Waals surface area contributed by atoms with Crippen molar-refractivity contribution in [3.63, 3.8) is 0 Å². The summed E-state index contributed by atoms with van der Waals surface area (Å²) < 4.78 is 5.21. The van der Waals surface area contributed by atoms with Gasteiger partial charge in [0.2, 0.25) is 11.8 Å². The van der Waals surface area contributed by atoms with Gasteiger partial charge in [0, 0.05) is 32.7 Å². The Hall–Kier alpha value is -2.18. The Kier molecular flexibility index (Phi) is 5.27. The van der Waals surface area contributed by atoms with Crippen molar-refractivity contribution in [3.8, 4) is 5.75 Å². The molecule has 0 aromatic heterocycles. The number of ether oxygens (including phenoxy) is 1. The highest BCUT2D eigenvalue weighted by atomic mass is 16.5. The molecule has 0 spiro atoms. The van der Waals surface area contributed by atoms with E-state index in [9.17, 15) is 9.59 Å². The lowest BCUT2D eigenvalue weighted by Gasteiger charge is -2.36. The molecule has 0 radical (unpaired) electrons. The molecular weight excluding hydrogens is 342 g/mol. The SMILES string of the molecule is COc1ccc(CN2CCN(CN3C(=O)[C@H]4CC=CC[C@H]4C3=O)CC2)cc1. The van der Waals surface area contributed by atoms with Gasteiger partial charge in [-0.3, -0.25) is 24.3 Å². The van der Waals surface area contributed by atoms with Gasteiger partial charge in [-0.25, -0.2) is 0 Å². The molecule has 1 aromatic rings. The fraction of sp³-hybridized carbons (Fsp3) is 0.524. The summed E-state index contributed by atoms with van der Waals surface area (Å²) in [5.41, 5.74) is 1.27. The normalized spacial score (nSPS) is 26.5. The number of hydrogen-bond donors (Lipinski definition) is 0. The second-order valence-corrected chi connectivity index (χ2v) is 7.64. The Morgan fingerprint density at radius 2 is 1.44 bits per heavy atom. The average molecular weight is 369 g/mol. The predicted molar refractivity (Wildman–Crippen MR) is 102 cm³/mol. The fourth-order valence-corrected chi connectivity index (χ4v) is 4.29. The number of amides is 2. The Morgan fingerprint density at radius 3 is 2.00 bits per heavy atom. The van der Waals surface area contributed by atoms with Crippen molar-refractivity contribution in [1.82, 2.24) is 14.7 Å². The van der Waals surface area contributed by atoms with Crippen LogP contribution in [0.2, 0.25) is 0 Å². The van der Waals surface area contributed by atoms with E-state index in [1.807, 2.05) is 24.3 Å². The van der Waals surface area contributed by atoms with E-state index < -0.39 is 0 Å². The standard InChI is InChI=1S/C21H27N3O3/c1-27-17-8-6-16(7-9-17)14-22-10-12-23(13-11-22)15-24-20(25)18-4-2-3-5-19(18)21(24)26/h2-3,6-9,18-19H,4-5,10-15H2,1H3/t18-,19+. The van der Waals surface area contributed by atoms with Crippen LogP contribution < -0.4 is 4.74 Å². The highest BCUT2D eigenvalue weighted by Gasteiger charge is 2.47. The lowest BCUT2D eigenvalue weighted by atomic mass is 9.85. The highest BCUT2D eigenvalue weighted by Crippen LogP contribution is 2.35. The molecule has 2 amide bonds. The van der Waals surface area contributed by atoms with Gasteiger partial charge in [0.15, 0.2) is 0 Å². The monoisotopic (exact) mass is 369 g/mol. The number of piperazine rings is 1. The maximum absolute atomic E-state index is 12.6. The second kappa shape index (κ2) is 7.82. The Bertz CT molecular complexity index is 697. The van der Waals surface area contributed by atoms with Crippen molar-refractivity contribution in [3.05, 3.63) is 42.0 Å². The van der Waals surface area contributed by atoms with E-state index in [4.69, 9.17) is 4.74 Å². The lowest BCUT2D eigenvalue weighted by Crippen LogP contribution is -2.51. The van der Waals surface area contributed by atoms with Crippen LogP contribution in [-0.2, 0) is 16.1 Å².